The van der Waals surface area contributed by atoms with Crippen molar-refractivity contribution in [1.29, 1.82) is 0 Å². The highest BCUT2D eigenvalue weighted by atomic mass is 19.3. The molecule has 0 aromatic heterocycles. The summed E-state index contributed by atoms with van der Waals surface area (Å²) in [5.41, 5.74) is 0.451. The number of carboxylic acids is 1. The lowest BCUT2D eigenvalue weighted by Crippen LogP contribution is -2.36. The van der Waals surface area contributed by atoms with E-state index in [1.165, 1.54) is 6.92 Å². The molecule has 0 aliphatic heterocycles. The molecule has 0 heterocycles. The quantitative estimate of drug-likeness (QED) is 0.841. The van der Waals surface area contributed by atoms with Gasteiger partial charge in [0.25, 0.3) is 5.92 Å². The van der Waals surface area contributed by atoms with Crippen molar-refractivity contribution in [2.45, 2.75) is 25.7 Å². The molecule has 4 heteroatoms. The summed E-state index contributed by atoms with van der Waals surface area (Å²) in [5, 5.41) is 8.71. The smallest absolute Gasteiger partial charge is 0.312 e. The number of carbonyl (C=O) groups is 1. The van der Waals surface area contributed by atoms with Crippen molar-refractivity contribution in [2.24, 2.45) is 5.92 Å². The first-order chi connectivity index (χ1) is 7.47. The Labute approximate surface area is 92.9 Å². The summed E-state index contributed by atoms with van der Waals surface area (Å²) in [6.45, 7) is 1.46. The van der Waals surface area contributed by atoms with Crippen molar-refractivity contribution < 1.29 is 18.7 Å². The van der Waals surface area contributed by atoms with Crippen LogP contribution in [0.2, 0.25) is 0 Å². The van der Waals surface area contributed by atoms with E-state index in [1.807, 2.05) is 0 Å². The summed E-state index contributed by atoms with van der Waals surface area (Å²) in [4.78, 5) is 10.7. The number of halogens is 2. The Morgan fingerprint density at radius 2 is 1.94 bits per heavy atom. The van der Waals surface area contributed by atoms with Crippen LogP contribution >= 0.6 is 0 Å². The zero-order valence-corrected chi connectivity index (χ0v) is 8.99. The van der Waals surface area contributed by atoms with Crippen molar-refractivity contribution in [1.82, 2.24) is 0 Å². The van der Waals surface area contributed by atoms with E-state index in [4.69, 9.17) is 5.11 Å². The van der Waals surface area contributed by atoms with Crippen LogP contribution in [0, 0.1) is 5.92 Å². The third-order valence-electron chi connectivity index (χ3n) is 2.50. The third-order valence-corrected chi connectivity index (χ3v) is 2.50. The first kappa shape index (κ1) is 12.6. The summed E-state index contributed by atoms with van der Waals surface area (Å²) in [5.74, 6) is -6.27. The summed E-state index contributed by atoms with van der Waals surface area (Å²) in [6, 6.07) is 8.20. The topological polar surface area (TPSA) is 37.3 Å². The molecule has 0 amide bonds. The monoisotopic (exact) mass is 228 g/mol. The second-order valence-electron chi connectivity index (χ2n) is 3.72. The Morgan fingerprint density at radius 3 is 2.38 bits per heavy atom. The molecule has 2 nitrogen and oxygen atoms in total. The Morgan fingerprint density at radius 1 is 1.38 bits per heavy atom. The summed E-state index contributed by atoms with van der Waals surface area (Å²) in [7, 11) is 0. The zero-order valence-electron chi connectivity index (χ0n) is 8.99. The van der Waals surface area contributed by atoms with E-state index in [-0.39, 0.29) is 6.42 Å². The molecule has 0 aliphatic carbocycles. The summed E-state index contributed by atoms with van der Waals surface area (Å²) < 4.78 is 27.3. The minimum absolute atomic E-state index is 0.0742. The fraction of sp³-hybridized carbons (Fsp3) is 0.417. The van der Waals surface area contributed by atoms with E-state index < -0.39 is 24.2 Å². The molecule has 88 valence electrons. The van der Waals surface area contributed by atoms with Gasteiger partial charge < -0.3 is 5.11 Å². The average molecular weight is 228 g/mol. The predicted octanol–water partition coefficient (Wildman–Crippen LogP) is 2.98. The number of rotatable bonds is 5. The fourth-order valence-corrected chi connectivity index (χ4v) is 1.65. The van der Waals surface area contributed by atoms with Gasteiger partial charge in [0.15, 0.2) is 0 Å². The van der Waals surface area contributed by atoms with Crippen LogP contribution in [0.4, 0.5) is 8.78 Å². The van der Waals surface area contributed by atoms with Crippen LogP contribution in [0.15, 0.2) is 30.3 Å². The van der Waals surface area contributed by atoms with E-state index in [0.717, 1.165) is 0 Å². The first-order valence-electron chi connectivity index (χ1n) is 5.12. The largest absolute Gasteiger partial charge is 0.481 e. The Kier molecular flexibility index (Phi) is 3.99. The van der Waals surface area contributed by atoms with E-state index >= 15 is 0 Å². The van der Waals surface area contributed by atoms with Gasteiger partial charge in [0.1, 0.15) is 5.92 Å². The van der Waals surface area contributed by atoms with Crippen LogP contribution in [0.25, 0.3) is 0 Å². The average Bonchev–Trinajstić information content (AvgIpc) is 2.18. The maximum absolute atomic E-state index is 13.6. The molecule has 1 atom stereocenters. The van der Waals surface area contributed by atoms with Gasteiger partial charge in [-0.3, -0.25) is 4.79 Å². The molecule has 0 fully saturated rings. The third kappa shape index (κ3) is 3.02. The molecule has 0 bridgehead atoms. The van der Waals surface area contributed by atoms with Gasteiger partial charge >= 0.3 is 5.97 Å². The zero-order chi connectivity index (χ0) is 12.2. The van der Waals surface area contributed by atoms with Crippen LogP contribution in [0.3, 0.4) is 0 Å². The van der Waals surface area contributed by atoms with Gasteiger partial charge in [0, 0.05) is 6.42 Å². The molecule has 0 spiro atoms. The summed E-state index contributed by atoms with van der Waals surface area (Å²) >= 11 is 0. The highest BCUT2D eigenvalue weighted by molar-refractivity contribution is 5.71. The number of alkyl halides is 2. The van der Waals surface area contributed by atoms with E-state index in [2.05, 4.69) is 0 Å². The Bertz CT molecular complexity index is 349. The lowest BCUT2D eigenvalue weighted by molar-refractivity contribution is -0.157. The van der Waals surface area contributed by atoms with Gasteiger partial charge in [0.05, 0.1) is 0 Å². The number of hydrogen-bond acceptors (Lipinski definition) is 1. The molecule has 1 unspecified atom stereocenters. The number of carboxylic acid groups (broad SMARTS) is 1. The number of aliphatic carboxylic acids is 1. The lowest BCUT2D eigenvalue weighted by Gasteiger charge is -2.22. The molecule has 1 aromatic rings. The maximum Gasteiger partial charge on any atom is 0.312 e. The van der Waals surface area contributed by atoms with Crippen molar-refractivity contribution in [3.8, 4) is 0 Å². The van der Waals surface area contributed by atoms with E-state index in [0.29, 0.717) is 5.56 Å². The second kappa shape index (κ2) is 5.05. The van der Waals surface area contributed by atoms with Crippen molar-refractivity contribution in [2.75, 3.05) is 0 Å². The van der Waals surface area contributed by atoms with Crippen LogP contribution in [-0.4, -0.2) is 17.0 Å². The predicted molar refractivity (Wildman–Crippen MR) is 56.5 cm³/mol. The molecule has 1 N–H and O–H groups in total. The van der Waals surface area contributed by atoms with Crippen molar-refractivity contribution >= 4 is 5.97 Å². The molecule has 0 saturated carbocycles. The highest BCUT2D eigenvalue weighted by Gasteiger charge is 2.43. The standard InChI is InChI=1S/C12H14F2O2/c1-2-10(11(15)16)12(13,14)8-9-6-4-3-5-7-9/h3-7,10H,2,8H2,1H3,(H,15,16). The van der Waals surface area contributed by atoms with Gasteiger partial charge in [-0.2, -0.15) is 0 Å². The Balaban J connectivity index is 2.81. The minimum atomic E-state index is -3.21. The van der Waals surface area contributed by atoms with Crippen molar-refractivity contribution in [3.63, 3.8) is 0 Å². The normalized spacial score (nSPS) is 13.4. The van der Waals surface area contributed by atoms with Crippen molar-refractivity contribution in [3.05, 3.63) is 35.9 Å². The van der Waals surface area contributed by atoms with Gasteiger partial charge in [0.2, 0.25) is 0 Å². The molecular formula is C12H14F2O2. The van der Waals surface area contributed by atoms with E-state index in [1.54, 1.807) is 30.3 Å². The molecular weight excluding hydrogens is 214 g/mol. The molecule has 0 saturated heterocycles. The van der Waals surface area contributed by atoms with Crippen LogP contribution in [0.1, 0.15) is 18.9 Å². The minimum Gasteiger partial charge on any atom is -0.481 e. The van der Waals surface area contributed by atoms with Crippen LogP contribution in [0.5, 0.6) is 0 Å². The Hall–Kier alpha value is -1.45. The molecule has 1 aromatic carbocycles. The van der Waals surface area contributed by atoms with E-state index in [9.17, 15) is 13.6 Å². The highest BCUT2D eigenvalue weighted by Crippen LogP contribution is 2.31. The number of hydrogen-bond donors (Lipinski definition) is 1. The van der Waals surface area contributed by atoms with Crippen LogP contribution < -0.4 is 0 Å². The first-order valence-corrected chi connectivity index (χ1v) is 5.12. The molecule has 0 aliphatic rings. The second-order valence-corrected chi connectivity index (χ2v) is 3.72. The SMILES string of the molecule is CCC(C(=O)O)C(F)(F)Cc1ccccc1. The fourth-order valence-electron chi connectivity index (χ4n) is 1.65. The van der Waals surface area contributed by atoms with Crippen LogP contribution in [-0.2, 0) is 11.2 Å². The maximum atomic E-state index is 13.6. The lowest BCUT2D eigenvalue weighted by atomic mass is 9.93. The molecule has 1 rings (SSSR count). The van der Waals surface area contributed by atoms with Gasteiger partial charge in [-0.25, -0.2) is 8.78 Å². The molecule has 0 radical (unpaired) electrons. The van der Waals surface area contributed by atoms with Gasteiger partial charge in [-0.1, -0.05) is 37.3 Å². The summed E-state index contributed by atoms with van der Waals surface area (Å²) in [6.07, 6.45) is -0.603. The molecule has 16 heavy (non-hydrogen) atoms. The van der Waals surface area contributed by atoms with Gasteiger partial charge in [-0.15, -0.1) is 0 Å². The van der Waals surface area contributed by atoms with Gasteiger partial charge in [-0.05, 0) is 12.0 Å². The number of benzene rings is 1.